The van der Waals surface area contributed by atoms with Gasteiger partial charge in [0.05, 0.1) is 29.6 Å². The van der Waals surface area contributed by atoms with E-state index in [1.54, 1.807) is 18.3 Å². The standard InChI is InChI=1S/C29H38N4O3S2/c1-9-23(12-11-20(3)4)28(35)31-29-30-18-27(38-29)37-22(7)17-24(26(10-2)36-8)25(34)19-32-13-15-33(16-14-32)21(5)6/h9-12,17-18H,1-2,5,13-16,19H2,3-4,6-8H3,(H,30,31,35)/b22-17+,23-12+,26-24-. The van der Waals surface area contributed by atoms with Crippen LogP contribution in [-0.2, 0) is 14.3 Å². The van der Waals surface area contributed by atoms with Crippen molar-refractivity contribution in [1.82, 2.24) is 14.8 Å². The fourth-order valence-electron chi connectivity index (χ4n) is 3.59. The molecule has 2 rings (SSSR count). The third-order valence-electron chi connectivity index (χ3n) is 5.64. The minimum Gasteiger partial charge on any atom is -0.496 e. The van der Waals surface area contributed by atoms with Crippen molar-refractivity contribution in [3.05, 3.63) is 89.4 Å². The van der Waals surface area contributed by atoms with E-state index < -0.39 is 0 Å². The van der Waals surface area contributed by atoms with E-state index in [1.165, 1.54) is 36.3 Å². The van der Waals surface area contributed by atoms with Crippen molar-refractivity contribution in [2.75, 3.05) is 45.2 Å². The van der Waals surface area contributed by atoms with E-state index in [0.29, 0.717) is 28.6 Å². The number of nitrogens with one attached hydrogen (secondary N) is 1. The van der Waals surface area contributed by atoms with E-state index in [2.05, 4.69) is 39.8 Å². The second-order valence-corrected chi connectivity index (χ2v) is 11.6. The number of aromatic nitrogens is 1. The Kier molecular flexibility index (Phi) is 12.5. The summed E-state index contributed by atoms with van der Waals surface area (Å²) in [4.78, 5) is 35.4. The van der Waals surface area contributed by atoms with Gasteiger partial charge in [0, 0.05) is 37.4 Å². The SMILES string of the molecule is C=C/C(OC)=C(\C=C(/C)Sc1cnc(NC(=O)/C(C=C)=C/C=C(C)C)s1)C(=O)CN1CCN(C(=C)C)CC1. The number of hydrogen-bond donors (Lipinski definition) is 1. The number of piperazine rings is 1. The molecule has 9 heteroatoms. The summed E-state index contributed by atoms with van der Waals surface area (Å²) in [6, 6.07) is 0. The van der Waals surface area contributed by atoms with Gasteiger partial charge in [-0.3, -0.25) is 19.8 Å². The van der Waals surface area contributed by atoms with Gasteiger partial charge >= 0.3 is 0 Å². The first-order chi connectivity index (χ1) is 18.1. The van der Waals surface area contributed by atoms with Crippen LogP contribution < -0.4 is 5.32 Å². The Hall–Kier alpha value is -3.14. The van der Waals surface area contributed by atoms with Crippen LogP contribution >= 0.6 is 23.1 Å². The Morgan fingerprint density at radius 3 is 2.37 bits per heavy atom. The molecule has 1 amide bonds. The highest BCUT2D eigenvalue weighted by Crippen LogP contribution is 2.34. The number of anilines is 1. The number of thiazole rings is 1. The van der Waals surface area contributed by atoms with E-state index >= 15 is 0 Å². The molecule has 1 aliphatic heterocycles. The number of nitrogens with zero attached hydrogens (tertiary/aromatic N) is 3. The van der Waals surface area contributed by atoms with Gasteiger partial charge in [0.1, 0.15) is 5.76 Å². The summed E-state index contributed by atoms with van der Waals surface area (Å²) in [6.45, 7) is 23.0. The van der Waals surface area contributed by atoms with E-state index in [-0.39, 0.29) is 11.7 Å². The van der Waals surface area contributed by atoms with Crippen LogP contribution in [0.15, 0.2) is 93.6 Å². The van der Waals surface area contributed by atoms with Crippen molar-refractivity contribution in [1.29, 1.82) is 0 Å². The first kappa shape index (κ1) is 31.1. The molecule has 1 fully saturated rings. The van der Waals surface area contributed by atoms with Gasteiger partial charge in [0.15, 0.2) is 10.9 Å². The molecule has 0 radical (unpaired) electrons. The average molecular weight is 555 g/mol. The third kappa shape index (κ3) is 9.63. The molecule has 2 heterocycles. The number of amides is 1. The molecule has 0 unspecified atom stereocenters. The molecule has 1 aromatic rings. The highest BCUT2D eigenvalue weighted by Gasteiger charge is 2.22. The van der Waals surface area contributed by atoms with Gasteiger partial charge in [0.25, 0.3) is 5.91 Å². The van der Waals surface area contributed by atoms with Gasteiger partial charge < -0.3 is 9.64 Å². The summed E-state index contributed by atoms with van der Waals surface area (Å²) >= 11 is 2.83. The zero-order valence-electron chi connectivity index (χ0n) is 23.0. The Labute approximate surface area is 235 Å². The molecule has 7 nitrogen and oxygen atoms in total. The first-order valence-electron chi connectivity index (χ1n) is 12.3. The summed E-state index contributed by atoms with van der Waals surface area (Å²) in [5.74, 6) is 0.141. The smallest absolute Gasteiger partial charge is 0.257 e. The first-order valence-corrected chi connectivity index (χ1v) is 13.9. The number of hydrogen-bond acceptors (Lipinski definition) is 8. The minimum atomic E-state index is -0.272. The Balaban J connectivity index is 2.11. The van der Waals surface area contributed by atoms with Gasteiger partial charge in [-0.1, -0.05) is 60.6 Å². The van der Waals surface area contributed by atoms with E-state index in [9.17, 15) is 9.59 Å². The highest BCUT2D eigenvalue weighted by atomic mass is 32.2. The van der Waals surface area contributed by atoms with E-state index in [4.69, 9.17) is 4.74 Å². The lowest BCUT2D eigenvalue weighted by atomic mass is 10.1. The number of thioether (sulfide) groups is 1. The lowest BCUT2D eigenvalue weighted by Gasteiger charge is -2.35. The Bertz CT molecular complexity index is 1180. The summed E-state index contributed by atoms with van der Waals surface area (Å²) in [5.41, 5.74) is 3.07. The number of methoxy groups -OCH3 is 1. The molecule has 1 N–H and O–H groups in total. The number of Topliss-reactive ketones (excluding diaryl/α,β-unsaturated/α-hetero) is 1. The molecule has 0 atom stereocenters. The molecular weight excluding hydrogens is 516 g/mol. The zero-order valence-corrected chi connectivity index (χ0v) is 24.6. The molecule has 0 aliphatic carbocycles. The summed E-state index contributed by atoms with van der Waals surface area (Å²) in [6.07, 6.45) is 10.2. The van der Waals surface area contributed by atoms with Crippen LogP contribution in [0.4, 0.5) is 5.13 Å². The molecule has 204 valence electrons. The van der Waals surface area contributed by atoms with Crippen molar-refractivity contribution < 1.29 is 14.3 Å². The fourth-order valence-corrected chi connectivity index (χ4v) is 5.53. The van der Waals surface area contributed by atoms with Crippen molar-refractivity contribution >= 4 is 39.9 Å². The molecule has 0 spiro atoms. The summed E-state index contributed by atoms with van der Waals surface area (Å²) in [7, 11) is 1.54. The maximum Gasteiger partial charge on any atom is 0.257 e. The van der Waals surface area contributed by atoms with E-state index in [1.807, 2.05) is 39.8 Å². The number of rotatable bonds is 13. The molecule has 0 saturated carbocycles. The van der Waals surface area contributed by atoms with Crippen LogP contribution in [0.3, 0.4) is 0 Å². The van der Waals surface area contributed by atoms with Gasteiger partial charge in [-0.05, 0) is 50.8 Å². The van der Waals surface area contributed by atoms with Crippen LogP contribution in [0.5, 0.6) is 0 Å². The van der Waals surface area contributed by atoms with Crippen molar-refractivity contribution in [2.45, 2.75) is 31.9 Å². The predicted molar refractivity (Wildman–Crippen MR) is 160 cm³/mol. The van der Waals surface area contributed by atoms with E-state index in [0.717, 1.165) is 46.6 Å². The van der Waals surface area contributed by atoms with Crippen LogP contribution in [0.1, 0.15) is 27.7 Å². The van der Waals surface area contributed by atoms with Crippen molar-refractivity contribution in [3.63, 3.8) is 0 Å². The number of carbonyl (C=O) groups excluding carboxylic acids is 2. The van der Waals surface area contributed by atoms with Crippen LogP contribution in [0, 0.1) is 0 Å². The molecule has 38 heavy (non-hydrogen) atoms. The number of ketones is 1. The zero-order chi connectivity index (χ0) is 28.2. The molecule has 0 bridgehead atoms. The average Bonchev–Trinajstić information content (AvgIpc) is 3.30. The van der Waals surface area contributed by atoms with Crippen LogP contribution in [-0.4, -0.2) is 66.3 Å². The largest absolute Gasteiger partial charge is 0.496 e. The molecule has 1 aliphatic rings. The highest BCUT2D eigenvalue weighted by molar-refractivity contribution is 8.04. The van der Waals surface area contributed by atoms with Gasteiger partial charge in [-0.25, -0.2) is 4.98 Å². The minimum absolute atomic E-state index is 0.0251. The number of allylic oxidation sites excluding steroid dienone is 7. The fraction of sp³-hybridized carbons (Fsp3) is 0.345. The second-order valence-electron chi connectivity index (χ2n) is 8.97. The van der Waals surface area contributed by atoms with Gasteiger partial charge in [0.2, 0.25) is 0 Å². The summed E-state index contributed by atoms with van der Waals surface area (Å²) < 4.78 is 6.34. The normalized spacial score (nSPS) is 15.3. The molecule has 1 aromatic heterocycles. The van der Waals surface area contributed by atoms with Crippen molar-refractivity contribution in [2.24, 2.45) is 0 Å². The lowest BCUT2D eigenvalue weighted by Crippen LogP contribution is -2.47. The predicted octanol–water partition coefficient (Wildman–Crippen LogP) is 5.96. The second kappa shape index (κ2) is 15.3. The number of carbonyl (C=O) groups is 2. The maximum absolute atomic E-state index is 13.3. The van der Waals surface area contributed by atoms with Gasteiger partial charge in [-0.2, -0.15) is 0 Å². The van der Waals surface area contributed by atoms with Crippen molar-refractivity contribution in [3.8, 4) is 0 Å². The maximum atomic E-state index is 13.3. The lowest BCUT2D eigenvalue weighted by molar-refractivity contribution is -0.117. The molecular formula is C29H38N4O3S2. The molecule has 1 saturated heterocycles. The third-order valence-corrected chi connectivity index (χ3v) is 7.60. The monoisotopic (exact) mass is 554 g/mol. The van der Waals surface area contributed by atoms with Gasteiger partial charge in [-0.15, -0.1) is 0 Å². The van der Waals surface area contributed by atoms with Crippen LogP contribution in [0.25, 0.3) is 0 Å². The Morgan fingerprint density at radius 2 is 1.82 bits per heavy atom. The topological polar surface area (TPSA) is 74.8 Å². The quantitative estimate of drug-likeness (QED) is 0.140. The van der Waals surface area contributed by atoms with Crippen LogP contribution in [0.2, 0.25) is 0 Å². The number of ether oxygens (including phenoxy) is 1. The summed E-state index contributed by atoms with van der Waals surface area (Å²) in [5, 5.41) is 3.30. The Morgan fingerprint density at radius 1 is 1.13 bits per heavy atom. The molecule has 0 aromatic carbocycles.